The number of nitrogens with zero attached hydrogens (tertiary/aromatic N) is 1. The van der Waals surface area contributed by atoms with Crippen LogP contribution in [-0.2, 0) is 14.8 Å². The predicted octanol–water partition coefficient (Wildman–Crippen LogP) is 3.87. The van der Waals surface area contributed by atoms with Crippen LogP contribution in [0.15, 0.2) is 40.8 Å². The Morgan fingerprint density at radius 3 is 2.50 bits per heavy atom. The van der Waals surface area contributed by atoms with Crippen molar-refractivity contribution >= 4 is 32.6 Å². The number of terminal acetylenes is 1. The van der Waals surface area contributed by atoms with Crippen LogP contribution in [0.3, 0.4) is 0 Å². The van der Waals surface area contributed by atoms with Crippen LogP contribution >= 0.6 is 0 Å². The fourth-order valence-electron chi connectivity index (χ4n) is 3.37. The number of sulfonamides is 1. The third-order valence-corrected chi connectivity index (χ3v) is 5.90. The molecule has 0 radical (unpaired) electrons. The van der Waals surface area contributed by atoms with Crippen LogP contribution in [-0.4, -0.2) is 38.9 Å². The summed E-state index contributed by atoms with van der Waals surface area (Å²) in [6.07, 6.45) is 5.27. The number of aliphatic hydroxyl groups is 1. The maximum atomic E-state index is 13.4. The standard InChI is InChI=1S/C23H22FNO6S/c1-5-11-25(32(4,28)29)19-13-20-18(12-17(19)14(3)26)21(23(27)30-6-2)22(31-20)15-7-9-16(24)10-8-15/h1,7-10,12-14,26H,6,11H2,2-4H3. The van der Waals surface area contributed by atoms with Crippen molar-refractivity contribution in [2.45, 2.75) is 20.0 Å². The molecule has 168 valence electrons. The first-order valence-electron chi connectivity index (χ1n) is 9.71. The van der Waals surface area contributed by atoms with Crippen molar-refractivity contribution in [2.24, 2.45) is 0 Å². The number of benzene rings is 2. The number of furan rings is 1. The fraction of sp³-hybridized carbons (Fsp3) is 0.261. The summed E-state index contributed by atoms with van der Waals surface area (Å²) in [6.45, 7) is 2.97. The molecular formula is C23H22FNO6S. The highest BCUT2D eigenvalue weighted by molar-refractivity contribution is 7.92. The largest absolute Gasteiger partial charge is 0.462 e. The number of carbonyl (C=O) groups is 1. The van der Waals surface area contributed by atoms with Crippen molar-refractivity contribution in [1.29, 1.82) is 0 Å². The first-order chi connectivity index (χ1) is 15.1. The molecule has 0 aliphatic heterocycles. The molecule has 0 spiro atoms. The van der Waals surface area contributed by atoms with Gasteiger partial charge in [-0.3, -0.25) is 4.31 Å². The molecule has 1 N–H and O–H groups in total. The van der Waals surface area contributed by atoms with E-state index in [0.717, 1.165) is 10.6 Å². The van der Waals surface area contributed by atoms with Gasteiger partial charge in [-0.05, 0) is 44.2 Å². The number of halogens is 1. The van der Waals surface area contributed by atoms with Gasteiger partial charge in [0.05, 0.1) is 31.2 Å². The average Bonchev–Trinajstić information content (AvgIpc) is 3.09. The van der Waals surface area contributed by atoms with Crippen LogP contribution in [0, 0.1) is 18.2 Å². The van der Waals surface area contributed by atoms with Crippen LogP contribution < -0.4 is 4.31 Å². The van der Waals surface area contributed by atoms with Gasteiger partial charge in [-0.1, -0.05) is 5.92 Å². The molecule has 1 unspecified atom stereocenters. The number of fused-ring (bicyclic) bond motifs is 1. The number of anilines is 1. The van der Waals surface area contributed by atoms with E-state index in [1.54, 1.807) is 6.92 Å². The van der Waals surface area contributed by atoms with Crippen molar-refractivity contribution in [1.82, 2.24) is 0 Å². The third kappa shape index (κ3) is 4.47. The molecule has 0 fully saturated rings. The number of carbonyl (C=O) groups excluding carboxylic acids is 1. The molecule has 32 heavy (non-hydrogen) atoms. The van der Waals surface area contributed by atoms with Gasteiger partial charge in [-0.2, -0.15) is 0 Å². The smallest absolute Gasteiger partial charge is 0.342 e. The Kier molecular flexibility index (Phi) is 6.57. The summed E-state index contributed by atoms with van der Waals surface area (Å²) in [4.78, 5) is 12.8. The second kappa shape index (κ2) is 9.02. The first kappa shape index (κ1) is 23.3. The van der Waals surface area contributed by atoms with Gasteiger partial charge in [0.25, 0.3) is 0 Å². The molecule has 0 saturated carbocycles. The summed E-state index contributed by atoms with van der Waals surface area (Å²) in [5, 5.41) is 10.7. The zero-order valence-corrected chi connectivity index (χ0v) is 18.6. The Morgan fingerprint density at radius 2 is 1.97 bits per heavy atom. The number of hydrogen-bond acceptors (Lipinski definition) is 6. The zero-order chi connectivity index (χ0) is 23.6. The van der Waals surface area contributed by atoms with Crippen LogP contribution in [0.2, 0.25) is 0 Å². The van der Waals surface area contributed by atoms with E-state index in [-0.39, 0.29) is 41.3 Å². The Bertz CT molecular complexity index is 1300. The van der Waals surface area contributed by atoms with Gasteiger partial charge in [0.2, 0.25) is 10.0 Å². The Hall–Kier alpha value is -3.35. The molecule has 9 heteroatoms. The minimum atomic E-state index is -3.79. The van der Waals surface area contributed by atoms with Gasteiger partial charge < -0.3 is 14.3 Å². The Morgan fingerprint density at radius 1 is 1.31 bits per heavy atom. The molecule has 0 bridgehead atoms. The molecule has 0 aliphatic carbocycles. The van der Waals surface area contributed by atoms with Crippen LogP contribution in [0.4, 0.5) is 10.1 Å². The lowest BCUT2D eigenvalue weighted by atomic mass is 10.0. The first-order valence-corrected chi connectivity index (χ1v) is 11.6. The highest BCUT2D eigenvalue weighted by Gasteiger charge is 2.28. The van der Waals surface area contributed by atoms with Gasteiger partial charge in [-0.15, -0.1) is 6.42 Å². The molecule has 1 aromatic heterocycles. The maximum Gasteiger partial charge on any atom is 0.342 e. The van der Waals surface area contributed by atoms with Crippen molar-refractivity contribution in [3.63, 3.8) is 0 Å². The van der Waals surface area contributed by atoms with E-state index in [1.807, 2.05) is 0 Å². The van der Waals surface area contributed by atoms with E-state index in [0.29, 0.717) is 10.9 Å². The van der Waals surface area contributed by atoms with Crippen molar-refractivity contribution in [2.75, 3.05) is 23.7 Å². The van der Waals surface area contributed by atoms with E-state index < -0.39 is 27.9 Å². The molecule has 1 atom stereocenters. The number of hydrogen-bond donors (Lipinski definition) is 1. The second-order valence-electron chi connectivity index (χ2n) is 7.09. The second-order valence-corrected chi connectivity index (χ2v) is 9.00. The molecule has 0 amide bonds. The maximum absolute atomic E-state index is 13.4. The molecule has 1 heterocycles. The number of aliphatic hydroxyl groups excluding tert-OH is 1. The van der Waals surface area contributed by atoms with E-state index in [2.05, 4.69) is 5.92 Å². The normalized spacial score (nSPS) is 12.4. The van der Waals surface area contributed by atoms with Crippen molar-refractivity contribution in [3.05, 3.63) is 53.3 Å². The predicted molar refractivity (Wildman–Crippen MR) is 119 cm³/mol. The summed E-state index contributed by atoms with van der Waals surface area (Å²) in [7, 11) is -3.79. The van der Waals surface area contributed by atoms with Gasteiger partial charge >= 0.3 is 5.97 Å². The van der Waals surface area contributed by atoms with Crippen molar-refractivity contribution < 1.29 is 31.9 Å². The summed E-state index contributed by atoms with van der Waals surface area (Å²) < 4.78 is 50.2. The van der Waals surface area contributed by atoms with Crippen LogP contribution in [0.5, 0.6) is 0 Å². The topological polar surface area (TPSA) is 97.1 Å². The van der Waals surface area contributed by atoms with Gasteiger partial charge in [-0.25, -0.2) is 17.6 Å². The van der Waals surface area contributed by atoms with E-state index >= 15 is 0 Å². The fourth-order valence-corrected chi connectivity index (χ4v) is 4.20. The molecule has 2 aromatic carbocycles. The molecule has 0 saturated heterocycles. The number of esters is 1. The van der Waals surface area contributed by atoms with Gasteiger partial charge in [0, 0.05) is 22.6 Å². The zero-order valence-electron chi connectivity index (χ0n) is 17.8. The summed E-state index contributed by atoms with van der Waals surface area (Å²) in [5.74, 6) is 1.30. The molecule has 0 aliphatic rings. The quantitative estimate of drug-likeness (QED) is 0.426. The van der Waals surface area contributed by atoms with Gasteiger partial charge in [0.15, 0.2) is 0 Å². The van der Waals surface area contributed by atoms with Crippen molar-refractivity contribution in [3.8, 4) is 23.7 Å². The lowest BCUT2D eigenvalue weighted by Crippen LogP contribution is -2.31. The summed E-state index contributed by atoms with van der Waals surface area (Å²) in [6, 6.07) is 8.24. The highest BCUT2D eigenvalue weighted by Crippen LogP contribution is 2.40. The van der Waals surface area contributed by atoms with Gasteiger partial charge in [0.1, 0.15) is 22.7 Å². The van der Waals surface area contributed by atoms with E-state index in [4.69, 9.17) is 15.6 Å². The monoisotopic (exact) mass is 459 g/mol. The third-order valence-electron chi connectivity index (χ3n) is 4.78. The molecule has 7 nitrogen and oxygen atoms in total. The lowest BCUT2D eigenvalue weighted by molar-refractivity contribution is 0.0528. The molecule has 3 aromatic rings. The molecular weight excluding hydrogens is 437 g/mol. The van der Waals surface area contributed by atoms with E-state index in [1.165, 1.54) is 43.3 Å². The lowest BCUT2D eigenvalue weighted by Gasteiger charge is -2.24. The average molecular weight is 459 g/mol. The van der Waals surface area contributed by atoms with Crippen LogP contribution in [0.1, 0.15) is 35.9 Å². The van der Waals surface area contributed by atoms with E-state index in [9.17, 15) is 22.7 Å². The number of ether oxygens (including phenoxy) is 1. The van der Waals surface area contributed by atoms with Crippen LogP contribution in [0.25, 0.3) is 22.3 Å². The molecule has 3 rings (SSSR count). The summed E-state index contributed by atoms with van der Waals surface area (Å²) >= 11 is 0. The SMILES string of the molecule is C#CCN(c1cc2oc(-c3ccc(F)cc3)c(C(=O)OCC)c2cc1C(C)O)S(C)(=O)=O. The summed E-state index contributed by atoms with van der Waals surface area (Å²) in [5.41, 5.74) is 1.05. The number of rotatable bonds is 7. The minimum Gasteiger partial charge on any atom is -0.462 e. The minimum absolute atomic E-state index is 0.0877. The Balaban J connectivity index is 2.38. The highest BCUT2D eigenvalue weighted by atomic mass is 32.2. The Labute approximate surface area is 185 Å².